The largest absolute Gasteiger partial charge is 0.481 e. The highest BCUT2D eigenvalue weighted by molar-refractivity contribution is 5.79. The van der Waals surface area contributed by atoms with Gasteiger partial charge in [0.25, 0.3) is 0 Å². The molecule has 3 aromatic rings. The molecule has 1 saturated heterocycles. The van der Waals surface area contributed by atoms with Crippen LogP contribution in [0.25, 0.3) is 16.9 Å². The minimum absolute atomic E-state index is 0.150. The fourth-order valence-electron chi connectivity index (χ4n) is 3.81. The second-order valence-electron chi connectivity index (χ2n) is 8.13. The number of rotatable bonds is 6. The number of aromatic nitrogens is 3. The van der Waals surface area contributed by atoms with Crippen LogP contribution in [0.15, 0.2) is 60.1 Å². The lowest BCUT2D eigenvalue weighted by molar-refractivity contribution is -0.142. The van der Waals surface area contributed by atoms with Gasteiger partial charge in [0.2, 0.25) is 5.95 Å². The van der Waals surface area contributed by atoms with E-state index in [0.717, 1.165) is 22.7 Å². The van der Waals surface area contributed by atoms with Gasteiger partial charge in [-0.15, -0.1) is 0 Å². The molecule has 0 aliphatic carbocycles. The Morgan fingerprint density at radius 1 is 1.24 bits per heavy atom. The van der Waals surface area contributed by atoms with Crippen molar-refractivity contribution in [2.75, 3.05) is 23.7 Å². The lowest BCUT2D eigenvalue weighted by Gasteiger charge is -2.31. The van der Waals surface area contributed by atoms with Gasteiger partial charge in [0.15, 0.2) is 0 Å². The molecule has 9 nitrogen and oxygen atoms in total. The van der Waals surface area contributed by atoms with Gasteiger partial charge in [-0.2, -0.15) is 0 Å². The number of nitrogen functional groups attached to an aromatic ring is 1. The summed E-state index contributed by atoms with van der Waals surface area (Å²) >= 11 is 0. The van der Waals surface area contributed by atoms with Gasteiger partial charge in [-0.05, 0) is 63.4 Å². The Hall–Kier alpha value is -4.14. The van der Waals surface area contributed by atoms with Crippen LogP contribution in [-0.2, 0) is 9.53 Å². The zero-order valence-corrected chi connectivity index (χ0v) is 22.3. The first-order valence-corrected chi connectivity index (χ1v) is 12.4. The van der Waals surface area contributed by atoms with Gasteiger partial charge in [0, 0.05) is 24.8 Å². The van der Waals surface area contributed by atoms with Crippen LogP contribution in [0.3, 0.4) is 0 Å². The van der Waals surface area contributed by atoms with E-state index < -0.39 is 5.97 Å². The average Bonchev–Trinajstić information content (AvgIpc) is 3.39. The fourth-order valence-corrected chi connectivity index (χ4v) is 3.81. The molecule has 37 heavy (non-hydrogen) atoms. The summed E-state index contributed by atoms with van der Waals surface area (Å²) in [5.41, 5.74) is 8.73. The number of allylic oxidation sites excluding steroid dienone is 1. The number of pyridine rings is 1. The quantitative estimate of drug-likeness (QED) is 0.394. The standard InChI is InChI=1S/C21H25N5O3.C5H6O.C2H6/c1-4-11-29-14(3)19-18(13(2)24-21(22)25-19)16-5-8-23-17(12-16)26-9-6-15(7-10-26)20(27)28;1-5-3-2-4-6-5;1-2/h4-5,8,11-12,15H,3,6-7,9-10H2,1-2H3,(H,27,28)(H2,22,24,25);2-4H,1H3;1-2H3/b11-4-;;. The van der Waals surface area contributed by atoms with Crippen LogP contribution in [0.4, 0.5) is 11.8 Å². The molecule has 0 radical (unpaired) electrons. The predicted octanol–water partition coefficient (Wildman–Crippen LogP) is 5.87. The summed E-state index contributed by atoms with van der Waals surface area (Å²) in [5, 5.41) is 9.20. The smallest absolute Gasteiger partial charge is 0.306 e. The van der Waals surface area contributed by atoms with Gasteiger partial charge < -0.3 is 24.9 Å². The van der Waals surface area contributed by atoms with Crippen molar-refractivity contribution in [2.45, 2.75) is 47.5 Å². The molecular weight excluding hydrogens is 470 g/mol. The van der Waals surface area contributed by atoms with Gasteiger partial charge >= 0.3 is 5.97 Å². The highest BCUT2D eigenvalue weighted by atomic mass is 16.5. The molecule has 1 fully saturated rings. The van der Waals surface area contributed by atoms with E-state index in [9.17, 15) is 9.90 Å². The third kappa shape index (κ3) is 8.20. The molecule has 3 N–H and O–H groups in total. The van der Waals surface area contributed by atoms with E-state index >= 15 is 0 Å². The van der Waals surface area contributed by atoms with Crippen LogP contribution in [0, 0.1) is 19.8 Å². The summed E-state index contributed by atoms with van der Waals surface area (Å²) in [7, 11) is 0. The molecule has 3 aromatic heterocycles. The SMILES string of the molecule is C=C(O/C=C\C)c1nc(N)nc(C)c1-c1ccnc(N2CCC(C(=O)O)CC2)c1.CC.Cc1ccco1. The molecule has 0 aromatic carbocycles. The maximum Gasteiger partial charge on any atom is 0.306 e. The van der Waals surface area contributed by atoms with E-state index in [1.165, 1.54) is 6.26 Å². The van der Waals surface area contributed by atoms with Crippen molar-refractivity contribution in [1.82, 2.24) is 15.0 Å². The molecule has 0 bridgehead atoms. The molecule has 0 unspecified atom stereocenters. The Morgan fingerprint density at radius 3 is 2.49 bits per heavy atom. The monoisotopic (exact) mass is 507 g/mol. The van der Waals surface area contributed by atoms with E-state index in [1.54, 1.807) is 18.5 Å². The average molecular weight is 508 g/mol. The van der Waals surface area contributed by atoms with Crippen molar-refractivity contribution >= 4 is 23.5 Å². The number of carboxylic acids is 1. The first-order chi connectivity index (χ1) is 17.8. The maximum atomic E-state index is 11.2. The third-order valence-electron chi connectivity index (χ3n) is 5.58. The van der Waals surface area contributed by atoms with Crippen LogP contribution < -0.4 is 10.6 Å². The number of carbonyl (C=O) groups is 1. The highest BCUT2D eigenvalue weighted by Crippen LogP contribution is 2.33. The second-order valence-corrected chi connectivity index (χ2v) is 8.13. The van der Waals surface area contributed by atoms with E-state index in [2.05, 4.69) is 26.4 Å². The summed E-state index contributed by atoms with van der Waals surface area (Å²) in [6.07, 6.45) is 7.88. The number of furan rings is 1. The number of hydrogen-bond acceptors (Lipinski definition) is 8. The van der Waals surface area contributed by atoms with Gasteiger partial charge in [0.1, 0.15) is 23.0 Å². The summed E-state index contributed by atoms with van der Waals surface area (Å²) in [6.45, 7) is 14.9. The van der Waals surface area contributed by atoms with Gasteiger partial charge in [-0.25, -0.2) is 15.0 Å². The summed E-state index contributed by atoms with van der Waals surface area (Å²) < 4.78 is 10.4. The topological polar surface area (TPSA) is 128 Å². The Balaban J connectivity index is 0.000000519. The van der Waals surface area contributed by atoms with E-state index in [0.29, 0.717) is 43.1 Å². The number of ether oxygens (including phenoxy) is 1. The Labute approximate surface area is 218 Å². The van der Waals surface area contributed by atoms with Crippen LogP contribution in [0.5, 0.6) is 0 Å². The van der Waals surface area contributed by atoms with Crippen molar-refractivity contribution in [3.8, 4) is 11.1 Å². The van der Waals surface area contributed by atoms with Crippen molar-refractivity contribution in [2.24, 2.45) is 5.92 Å². The van der Waals surface area contributed by atoms with Crippen LogP contribution in [0.2, 0.25) is 0 Å². The lowest BCUT2D eigenvalue weighted by atomic mass is 9.97. The third-order valence-corrected chi connectivity index (χ3v) is 5.58. The number of carboxylic acid groups (broad SMARTS) is 1. The summed E-state index contributed by atoms with van der Waals surface area (Å²) in [5.74, 6) is 1.25. The van der Waals surface area contributed by atoms with Crippen molar-refractivity contribution in [1.29, 1.82) is 0 Å². The maximum absolute atomic E-state index is 11.2. The van der Waals surface area contributed by atoms with E-state index in [-0.39, 0.29) is 11.9 Å². The molecule has 0 atom stereocenters. The number of nitrogens with two attached hydrogens (primary N) is 1. The first-order valence-electron chi connectivity index (χ1n) is 12.4. The first kappa shape index (κ1) is 29.1. The second kappa shape index (κ2) is 14.4. The van der Waals surface area contributed by atoms with Gasteiger partial charge in [0.05, 0.1) is 24.1 Å². The molecule has 0 spiro atoms. The van der Waals surface area contributed by atoms with Crippen molar-refractivity contribution < 1.29 is 19.1 Å². The van der Waals surface area contributed by atoms with Crippen LogP contribution in [0.1, 0.15) is 50.8 Å². The van der Waals surface area contributed by atoms with Crippen LogP contribution >= 0.6 is 0 Å². The number of piperidine rings is 1. The molecule has 9 heteroatoms. The number of nitrogens with zero attached hydrogens (tertiary/aromatic N) is 4. The molecule has 1 aliphatic heterocycles. The fraction of sp³-hybridized carbons (Fsp3) is 0.357. The molecule has 4 heterocycles. The zero-order valence-electron chi connectivity index (χ0n) is 22.3. The van der Waals surface area contributed by atoms with E-state index in [4.69, 9.17) is 14.9 Å². The molecule has 4 rings (SSSR count). The van der Waals surface area contributed by atoms with E-state index in [1.807, 2.05) is 58.9 Å². The minimum Gasteiger partial charge on any atom is -0.481 e. The van der Waals surface area contributed by atoms with Gasteiger partial charge in [-0.3, -0.25) is 4.79 Å². The molecule has 1 aliphatic rings. The number of anilines is 2. The summed E-state index contributed by atoms with van der Waals surface area (Å²) in [4.78, 5) is 26.4. The highest BCUT2D eigenvalue weighted by Gasteiger charge is 2.25. The van der Waals surface area contributed by atoms with Crippen LogP contribution in [-0.4, -0.2) is 39.1 Å². The zero-order chi connectivity index (χ0) is 27.4. The van der Waals surface area contributed by atoms with Crippen molar-refractivity contribution in [3.05, 3.63) is 72.8 Å². The normalized spacial score (nSPS) is 13.3. The molecule has 0 saturated carbocycles. The molecule has 0 amide bonds. The predicted molar refractivity (Wildman–Crippen MR) is 147 cm³/mol. The number of aryl methyl sites for hydroxylation is 2. The van der Waals surface area contributed by atoms with Gasteiger partial charge in [-0.1, -0.05) is 26.5 Å². The summed E-state index contributed by atoms with van der Waals surface area (Å²) in [6, 6.07) is 7.62. The molecule has 198 valence electrons. The lowest BCUT2D eigenvalue weighted by Crippen LogP contribution is -2.36. The molecular formula is C28H37N5O4. The Morgan fingerprint density at radius 2 is 1.95 bits per heavy atom. The Kier molecular flexibility index (Phi) is 11.3. The number of aliphatic carboxylic acids is 1. The minimum atomic E-state index is -0.731. The Bertz CT molecular complexity index is 1180. The van der Waals surface area contributed by atoms with Crippen molar-refractivity contribution in [3.63, 3.8) is 0 Å². The number of hydrogen-bond donors (Lipinski definition) is 2.